The topological polar surface area (TPSA) is 50.4 Å². The van der Waals surface area contributed by atoms with Crippen molar-refractivity contribution in [2.75, 3.05) is 20.2 Å². The van der Waals surface area contributed by atoms with Crippen LogP contribution >= 0.6 is 12.4 Å². The third kappa shape index (κ3) is 5.20. The predicted octanol–water partition coefficient (Wildman–Crippen LogP) is 2.54. The first-order valence-electron chi connectivity index (χ1n) is 8.09. The maximum atomic E-state index is 12.6. The standard InChI is InChI=1S/C18H28N2O2.ClH/c1-13-9-14(2)11-16(10-13)12-15(3)20-17(21)18(22-4)5-7-19-8-6-18;/h9-11,15,19H,5-8,12H2,1-4H3,(H,20,21);1H. The molecule has 1 aromatic carbocycles. The van der Waals surface area contributed by atoms with Crippen molar-refractivity contribution < 1.29 is 9.53 Å². The maximum Gasteiger partial charge on any atom is 0.252 e. The molecule has 1 saturated heterocycles. The number of halogens is 1. The Kier molecular flexibility index (Phi) is 7.52. The van der Waals surface area contributed by atoms with Crippen LogP contribution < -0.4 is 10.6 Å². The van der Waals surface area contributed by atoms with Gasteiger partial charge in [0.1, 0.15) is 5.60 Å². The first-order chi connectivity index (χ1) is 10.4. The number of piperidine rings is 1. The molecule has 1 amide bonds. The van der Waals surface area contributed by atoms with E-state index in [1.807, 2.05) is 0 Å². The fourth-order valence-electron chi connectivity index (χ4n) is 3.30. The van der Waals surface area contributed by atoms with E-state index in [9.17, 15) is 4.79 Å². The zero-order valence-corrected chi connectivity index (χ0v) is 15.4. The summed E-state index contributed by atoms with van der Waals surface area (Å²) >= 11 is 0. The number of ether oxygens (including phenoxy) is 1. The van der Waals surface area contributed by atoms with Crippen molar-refractivity contribution in [1.82, 2.24) is 10.6 Å². The molecule has 2 rings (SSSR count). The van der Waals surface area contributed by atoms with Crippen molar-refractivity contribution in [1.29, 1.82) is 0 Å². The molecule has 1 aromatic rings. The Balaban J connectivity index is 0.00000264. The highest BCUT2D eigenvalue weighted by molar-refractivity contribution is 5.86. The first kappa shape index (κ1) is 19.9. The SMILES string of the molecule is COC1(C(=O)NC(C)Cc2cc(C)cc(C)c2)CCNCC1.Cl. The Morgan fingerprint density at radius 3 is 2.35 bits per heavy atom. The summed E-state index contributed by atoms with van der Waals surface area (Å²) in [7, 11) is 1.64. The van der Waals surface area contributed by atoms with E-state index in [2.05, 4.69) is 49.6 Å². The molecule has 1 unspecified atom stereocenters. The van der Waals surface area contributed by atoms with Crippen molar-refractivity contribution >= 4 is 18.3 Å². The van der Waals surface area contributed by atoms with Gasteiger partial charge in [-0.25, -0.2) is 0 Å². The lowest BCUT2D eigenvalue weighted by Gasteiger charge is -2.35. The van der Waals surface area contributed by atoms with Gasteiger partial charge in [-0.05, 0) is 58.7 Å². The lowest BCUT2D eigenvalue weighted by atomic mass is 9.90. The van der Waals surface area contributed by atoms with Crippen LogP contribution in [0.5, 0.6) is 0 Å². The van der Waals surface area contributed by atoms with Gasteiger partial charge in [0.25, 0.3) is 5.91 Å². The minimum Gasteiger partial charge on any atom is -0.368 e. The van der Waals surface area contributed by atoms with E-state index in [1.54, 1.807) is 7.11 Å². The van der Waals surface area contributed by atoms with Crippen molar-refractivity contribution in [3.63, 3.8) is 0 Å². The van der Waals surface area contributed by atoms with E-state index >= 15 is 0 Å². The highest BCUT2D eigenvalue weighted by atomic mass is 35.5. The number of rotatable bonds is 5. The van der Waals surface area contributed by atoms with Crippen molar-refractivity contribution in [3.05, 3.63) is 34.9 Å². The molecule has 0 aliphatic carbocycles. The van der Waals surface area contributed by atoms with Crippen molar-refractivity contribution in [2.45, 2.75) is 51.7 Å². The number of benzene rings is 1. The summed E-state index contributed by atoms with van der Waals surface area (Å²) < 4.78 is 5.58. The second kappa shape index (κ2) is 8.67. The largest absolute Gasteiger partial charge is 0.368 e. The van der Waals surface area contributed by atoms with Gasteiger partial charge in [0.15, 0.2) is 0 Å². The molecule has 0 saturated carbocycles. The van der Waals surface area contributed by atoms with Gasteiger partial charge < -0.3 is 15.4 Å². The Labute approximate surface area is 145 Å². The quantitative estimate of drug-likeness (QED) is 0.866. The summed E-state index contributed by atoms with van der Waals surface area (Å²) in [5.74, 6) is 0.0216. The summed E-state index contributed by atoms with van der Waals surface area (Å²) in [6.45, 7) is 7.92. The normalized spacial score (nSPS) is 17.9. The van der Waals surface area contributed by atoms with Crippen LogP contribution in [0.2, 0.25) is 0 Å². The molecule has 1 heterocycles. The number of hydrogen-bond donors (Lipinski definition) is 2. The Bertz CT molecular complexity index is 508. The minimum atomic E-state index is -0.665. The van der Waals surface area contributed by atoms with Crippen LogP contribution in [0.25, 0.3) is 0 Å². The van der Waals surface area contributed by atoms with Crippen LogP contribution in [0.4, 0.5) is 0 Å². The molecule has 23 heavy (non-hydrogen) atoms. The van der Waals surface area contributed by atoms with Crippen LogP contribution in [0, 0.1) is 13.8 Å². The number of carbonyl (C=O) groups is 1. The molecule has 0 aromatic heterocycles. The van der Waals surface area contributed by atoms with E-state index in [0.29, 0.717) is 0 Å². The molecule has 0 radical (unpaired) electrons. The second-order valence-electron chi connectivity index (χ2n) is 6.52. The van der Waals surface area contributed by atoms with Gasteiger partial charge in [0.05, 0.1) is 0 Å². The predicted molar refractivity (Wildman–Crippen MR) is 96.3 cm³/mol. The maximum absolute atomic E-state index is 12.6. The molecule has 1 fully saturated rings. The lowest BCUT2D eigenvalue weighted by molar-refractivity contribution is -0.147. The molecule has 1 atom stereocenters. The fourth-order valence-corrected chi connectivity index (χ4v) is 3.30. The van der Waals surface area contributed by atoms with Crippen LogP contribution in [0.3, 0.4) is 0 Å². The number of nitrogens with one attached hydrogen (secondary N) is 2. The smallest absolute Gasteiger partial charge is 0.252 e. The molecule has 1 aliphatic heterocycles. The van der Waals surface area contributed by atoms with Gasteiger partial charge in [-0.2, -0.15) is 0 Å². The summed E-state index contributed by atoms with van der Waals surface area (Å²) in [5, 5.41) is 6.41. The molecule has 130 valence electrons. The van der Waals surface area contributed by atoms with Crippen LogP contribution in [-0.2, 0) is 16.0 Å². The minimum absolute atomic E-state index is 0. The molecular formula is C18H29ClN2O2. The van der Waals surface area contributed by atoms with Gasteiger partial charge in [-0.3, -0.25) is 4.79 Å². The average Bonchev–Trinajstić information content (AvgIpc) is 2.46. The molecule has 0 bridgehead atoms. The first-order valence-corrected chi connectivity index (χ1v) is 8.09. The molecule has 2 N–H and O–H groups in total. The van der Waals surface area contributed by atoms with Crippen molar-refractivity contribution in [3.8, 4) is 0 Å². The lowest BCUT2D eigenvalue weighted by Crippen LogP contribution is -2.55. The third-order valence-electron chi connectivity index (χ3n) is 4.42. The molecule has 0 spiro atoms. The fraction of sp³-hybridized carbons (Fsp3) is 0.611. The zero-order chi connectivity index (χ0) is 16.2. The van der Waals surface area contributed by atoms with Crippen molar-refractivity contribution in [2.24, 2.45) is 0 Å². The second-order valence-corrected chi connectivity index (χ2v) is 6.52. The molecule has 4 nitrogen and oxygen atoms in total. The third-order valence-corrected chi connectivity index (χ3v) is 4.42. The van der Waals surface area contributed by atoms with Crippen LogP contribution in [0.1, 0.15) is 36.5 Å². The van der Waals surface area contributed by atoms with Gasteiger partial charge in [-0.15, -0.1) is 12.4 Å². The van der Waals surface area contributed by atoms with E-state index in [-0.39, 0.29) is 24.4 Å². The number of aryl methyl sites for hydroxylation is 2. The molecule has 5 heteroatoms. The number of carbonyl (C=O) groups excluding carboxylic acids is 1. The summed E-state index contributed by atoms with van der Waals surface area (Å²) in [6, 6.07) is 6.64. The monoisotopic (exact) mass is 340 g/mol. The number of methoxy groups -OCH3 is 1. The Morgan fingerprint density at radius 2 is 1.83 bits per heavy atom. The van der Waals surface area contributed by atoms with Gasteiger partial charge in [0, 0.05) is 13.2 Å². The van der Waals surface area contributed by atoms with E-state index in [0.717, 1.165) is 32.4 Å². The van der Waals surface area contributed by atoms with E-state index in [1.165, 1.54) is 16.7 Å². The Hall–Kier alpha value is -1.10. The number of amides is 1. The van der Waals surface area contributed by atoms with Gasteiger partial charge in [0.2, 0.25) is 0 Å². The number of hydrogen-bond acceptors (Lipinski definition) is 3. The van der Waals surface area contributed by atoms with Crippen LogP contribution in [-0.4, -0.2) is 37.7 Å². The summed E-state index contributed by atoms with van der Waals surface area (Å²) in [5.41, 5.74) is 3.13. The zero-order valence-electron chi connectivity index (χ0n) is 14.6. The molecule has 1 aliphatic rings. The van der Waals surface area contributed by atoms with Crippen LogP contribution in [0.15, 0.2) is 18.2 Å². The Morgan fingerprint density at radius 1 is 1.26 bits per heavy atom. The highest BCUT2D eigenvalue weighted by Gasteiger charge is 2.39. The summed E-state index contributed by atoms with van der Waals surface area (Å²) in [6.07, 6.45) is 2.30. The van der Waals surface area contributed by atoms with E-state index < -0.39 is 5.60 Å². The van der Waals surface area contributed by atoms with Gasteiger partial charge >= 0.3 is 0 Å². The average molecular weight is 341 g/mol. The summed E-state index contributed by atoms with van der Waals surface area (Å²) in [4.78, 5) is 12.6. The molecular weight excluding hydrogens is 312 g/mol. The van der Waals surface area contributed by atoms with E-state index in [4.69, 9.17) is 4.74 Å². The highest BCUT2D eigenvalue weighted by Crippen LogP contribution is 2.23. The van der Waals surface area contributed by atoms with Gasteiger partial charge in [-0.1, -0.05) is 29.3 Å².